The molecule has 0 spiro atoms. The van der Waals surface area contributed by atoms with Crippen molar-refractivity contribution < 1.29 is 9.50 Å². The van der Waals surface area contributed by atoms with Gasteiger partial charge in [0.05, 0.1) is 6.10 Å². The Morgan fingerprint density at radius 2 is 2.00 bits per heavy atom. The van der Waals surface area contributed by atoms with Crippen molar-refractivity contribution >= 4 is 15.9 Å². The van der Waals surface area contributed by atoms with Crippen LogP contribution in [0.15, 0.2) is 46.9 Å². The van der Waals surface area contributed by atoms with Crippen LogP contribution in [0.25, 0.3) is 0 Å². The number of rotatable bonds is 2. The average Bonchev–Trinajstić information content (AvgIpc) is 2.72. The van der Waals surface area contributed by atoms with Crippen LogP contribution in [-0.2, 0) is 12.8 Å². The lowest BCUT2D eigenvalue weighted by Gasteiger charge is -2.16. The van der Waals surface area contributed by atoms with E-state index in [9.17, 15) is 9.50 Å². The first-order valence-electron chi connectivity index (χ1n) is 6.35. The fourth-order valence-electron chi connectivity index (χ4n) is 2.82. The number of hydrogen-bond donors (Lipinski definition) is 1. The minimum atomic E-state index is -0.452. The van der Waals surface area contributed by atoms with E-state index < -0.39 is 6.10 Å². The third kappa shape index (κ3) is 2.45. The molecule has 3 heteroatoms. The number of benzene rings is 2. The SMILES string of the molecule is OC1c2ccccc2CC1Cc1cc(F)ccc1Br. The van der Waals surface area contributed by atoms with E-state index in [1.165, 1.54) is 11.6 Å². The van der Waals surface area contributed by atoms with E-state index in [0.717, 1.165) is 22.0 Å². The highest BCUT2D eigenvalue weighted by Crippen LogP contribution is 2.38. The lowest BCUT2D eigenvalue weighted by molar-refractivity contribution is 0.123. The maximum atomic E-state index is 13.3. The average molecular weight is 321 g/mol. The number of aliphatic hydroxyl groups excluding tert-OH is 1. The summed E-state index contributed by atoms with van der Waals surface area (Å²) in [7, 11) is 0. The van der Waals surface area contributed by atoms with E-state index in [0.29, 0.717) is 6.42 Å². The van der Waals surface area contributed by atoms with Crippen LogP contribution in [0.2, 0.25) is 0 Å². The van der Waals surface area contributed by atoms with Gasteiger partial charge in [0.15, 0.2) is 0 Å². The number of hydrogen-bond acceptors (Lipinski definition) is 1. The normalized spacial score (nSPS) is 21.4. The van der Waals surface area contributed by atoms with Gasteiger partial charge in [-0.05, 0) is 53.6 Å². The van der Waals surface area contributed by atoms with E-state index in [2.05, 4.69) is 22.0 Å². The van der Waals surface area contributed by atoms with Gasteiger partial charge in [0.1, 0.15) is 5.82 Å². The molecule has 2 atom stereocenters. The summed E-state index contributed by atoms with van der Waals surface area (Å²) < 4.78 is 14.2. The molecular weight excluding hydrogens is 307 g/mol. The third-order valence-corrected chi connectivity index (χ3v) is 4.57. The Morgan fingerprint density at radius 1 is 1.21 bits per heavy atom. The molecule has 1 nitrogen and oxygen atoms in total. The zero-order valence-corrected chi connectivity index (χ0v) is 11.9. The maximum Gasteiger partial charge on any atom is 0.123 e. The van der Waals surface area contributed by atoms with Crippen LogP contribution in [0.5, 0.6) is 0 Å². The van der Waals surface area contributed by atoms with Crippen molar-refractivity contribution in [2.45, 2.75) is 18.9 Å². The number of fused-ring (bicyclic) bond motifs is 1. The van der Waals surface area contributed by atoms with E-state index in [1.807, 2.05) is 18.2 Å². The second kappa shape index (κ2) is 5.06. The van der Waals surface area contributed by atoms with Crippen molar-refractivity contribution in [1.82, 2.24) is 0 Å². The third-order valence-electron chi connectivity index (χ3n) is 3.79. The van der Waals surface area contributed by atoms with E-state index >= 15 is 0 Å². The van der Waals surface area contributed by atoms with E-state index in [1.54, 1.807) is 12.1 Å². The van der Waals surface area contributed by atoms with Crippen LogP contribution in [0.1, 0.15) is 22.8 Å². The van der Waals surface area contributed by atoms with Gasteiger partial charge >= 0.3 is 0 Å². The van der Waals surface area contributed by atoms with Gasteiger partial charge in [0, 0.05) is 4.47 Å². The Hall–Kier alpha value is -1.19. The van der Waals surface area contributed by atoms with Crippen molar-refractivity contribution in [3.05, 3.63) is 69.4 Å². The smallest absolute Gasteiger partial charge is 0.123 e. The van der Waals surface area contributed by atoms with Crippen LogP contribution in [0.3, 0.4) is 0 Å². The molecule has 2 aromatic carbocycles. The van der Waals surface area contributed by atoms with Crippen molar-refractivity contribution in [3.63, 3.8) is 0 Å². The van der Waals surface area contributed by atoms with Gasteiger partial charge in [-0.25, -0.2) is 4.39 Å². The zero-order chi connectivity index (χ0) is 13.4. The zero-order valence-electron chi connectivity index (χ0n) is 10.3. The molecule has 98 valence electrons. The Bertz CT molecular complexity index is 611. The molecule has 3 rings (SSSR count). The highest BCUT2D eigenvalue weighted by atomic mass is 79.9. The predicted octanol–water partition coefficient (Wildman–Crippen LogP) is 4.04. The van der Waals surface area contributed by atoms with Crippen molar-refractivity contribution in [3.8, 4) is 0 Å². The monoisotopic (exact) mass is 320 g/mol. The van der Waals surface area contributed by atoms with Crippen LogP contribution in [0.4, 0.5) is 4.39 Å². The molecule has 0 saturated heterocycles. The first-order valence-corrected chi connectivity index (χ1v) is 7.14. The lowest BCUT2D eigenvalue weighted by Crippen LogP contribution is -2.11. The van der Waals surface area contributed by atoms with E-state index in [-0.39, 0.29) is 11.7 Å². The van der Waals surface area contributed by atoms with Crippen LogP contribution >= 0.6 is 15.9 Å². The van der Waals surface area contributed by atoms with Gasteiger partial charge in [-0.3, -0.25) is 0 Å². The topological polar surface area (TPSA) is 20.2 Å². The molecule has 0 bridgehead atoms. The Balaban J connectivity index is 1.85. The second-order valence-electron chi connectivity index (χ2n) is 5.05. The Morgan fingerprint density at radius 3 is 2.79 bits per heavy atom. The summed E-state index contributed by atoms with van der Waals surface area (Å²) in [4.78, 5) is 0. The Kier molecular flexibility index (Phi) is 3.42. The number of halogens is 2. The van der Waals surface area contributed by atoms with Crippen molar-refractivity contribution in [2.75, 3.05) is 0 Å². The summed E-state index contributed by atoms with van der Waals surface area (Å²) >= 11 is 3.44. The fourth-order valence-corrected chi connectivity index (χ4v) is 3.23. The molecule has 0 aromatic heterocycles. The quantitative estimate of drug-likeness (QED) is 0.885. The molecule has 1 N–H and O–H groups in total. The molecule has 2 unspecified atom stereocenters. The summed E-state index contributed by atoms with van der Waals surface area (Å²) in [6.45, 7) is 0. The molecule has 19 heavy (non-hydrogen) atoms. The van der Waals surface area contributed by atoms with Gasteiger partial charge in [-0.15, -0.1) is 0 Å². The van der Waals surface area contributed by atoms with Gasteiger partial charge in [-0.1, -0.05) is 40.2 Å². The standard InChI is InChI=1S/C16H14BrFO/c17-15-6-5-13(18)9-11(15)8-12-7-10-3-1-2-4-14(10)16(12)19/h1-6,9,12,16,19H,7-8H2. The molecule has 0 fully saturated rings. The molecule has 1 aliphatic carbocycles. The highest BCUT2D eigenvalue weighted by Gasteiger charge is 2.30. The molecule has 1 aliphatic rings. The van der Waals surface area contributed by atoms with Crippen molar-refractivity contribution in [2.24, 2.45) is 5.92 Å². The van der Waals surface area contributed by atoms with Gasteiger partial charge in [0.25, 0.3) is 0 Å². The largest absolute Gasteiger partial charge is 0.388 e. The fraction of sp³-hybridized carbons (Fsp3) is 0.250. The summed E-state index contributed by atoms with van der Waals surface area (Å²) in [6.07, 6.45) is 1.07. The summed E-state index contributed by atoms with van der Waals surface area (Å²) in [5.74, 6) is -0.112. The molecule has 0 radical (unpaired) electrons. The lowest BCUT2D eigenvalue weighted by atomic mass is 9.94. The predicted molar refractivity (Wildman–Crippen MR) is 76.4 cm³/mol. The molecule has 0 heterocycles. The Labute approximate surface area is 120 Å². The van der Waals surface area contributed by atoms with Crippen molar-refractivity contribution in [1.29, 1.82) is 0 Å². The summed E-state index contributed by atoms with van der Waals surface area (Å²) in [6, 6.07) is 12.7. The van der Waals surface area contributed by atoms with Crippen LogP contribution in [0, 0.1) is 11.7 Å². The molecule has 2 aromatic rings. The second-order valence-corrected chi connectivity index (χ2v) is 5.90. The summed E-state index contributed by atoms with van der Waals surface area (Å²) in [5, 5.41) is 10.4. The van der Waals surface area contributed by atoms with Gasteiger partial charge in [-0.2, -0.15) is 0 Å². The maximum absolute atomic E-state index is 13.3. The first kappa shape index (κ1) is 12.8. The van der Waals surface area contributed by atoms with Gasteiger partial charge in [0.2, 0.25) is 0 Å². The van der Waals surface area contributed by atoms with Crippen LogP contribution < -0.4 is 0 Å². The highest BCUT2D eigenvalue weighted by molar-refractivity contribution is 9.10. The van der Waals surface area contributed by atoms with E-state index in [4.69, 9.17) is 0 Å². The van der Waals surface area contributed by atoms with Crippen LogP contribution in [-0.4, -0.2) is 5.11 Å². The molecule has 0 aliphatic heterocycles. The first-order chi connectivity index (χ1) is 9.15. The number of aliphatic hydroxyl groups is 1. The summed E-state index contributed by atoms with van der Waals surface area (Å²) in [5.41, 5.74) is 3.13. The van der Waals surface area contributed by atoms with Gasteiger partial charge < -0.3 is 5.11 Å². The molecule has 0 amide bonds. The minimum Gasteiger partial charge on any atom is -0.388 e. The minimum absolute atomic E-state index is 0.121. The molecular formula is C16H14BrFO. The molecule has 0 saturated carbocycles.